The van der Waals surface area contributed by atoms with E-state index in [-0.39, 0.29) is 0 Å². The minimum absolute atomic E-state index is 0.353. The molecule has 2 aromatic rings. The molecule has 0 bridgehead atoms. The zero-order valence-electron chi connectivity index (χ0n) is 12.2. The highest BCUT2D eigenvalue weighted by molar-refractivity contribution is 6.11. The van der Waals surface area contributed by atoms with Crippen molar-refractivity contribution >= 4 is 17.9 Å². The molecule has 3 heteroatoms. The van der Waals surface area contributed by atoms with Gasteiger partial charge in [0.15, 0.2) is 5.70 Å². The highest BCUT2D eigenvalue weighted by Crippen LogP contribution is 2.20. The molecule has 1 aliphatic heterocycles. The maximum absolute atomic E-state index is 12.0. The van der Waals surface area contributed by atoms with Crippen LogP contribution in [0.15, 0.2) is 83.0 Å². The fourth-order valence-corrected chi connectivity index (χ4v) is 2.12. The lowest BCUT2D eigenvalue weighted by Crippen LogP contribution is -2.05. The first kappa shape index (κ1) is 14.0. The number of hydrogen-bond acceptors (Lipinski definition) is 3. The zero-order chi connectivity index (χ0) is 15.4. The molecule has 0 saturated heterocycles. The van der Waals surface area contributed by atoms with Crippen LogP contribution >= 0.6 is 0 Å². The van der Waals surface area contributed by atoms with Gasteiger partial charge in [0.25, 0.3) is 0 Å². The van der Waals surface area contributed by atoms with Crippen LogP contribution in [0.1, 0.15) is 18.1 Å². The summed E-state index contributed by atoms with van der Waals surface area (Å²) >= 11 is 0. The molecule has 3 nitrogen and oxygen atoms in total. The smallest absolute Gasteiger partial charge is 0.364 e. The number of hydrogen-bond donors (Lipinski definition) is 0. The molecule has 0 aromatic heterocycles. The van der Waals surface area contributed by atoms with E-state index in [1.54, 1.807) is 0 Å². The van der Waals surface area contributed by atoms with Crippen molar-refractivity contribution in [3.63, 3.8) is 0 Å². The average molecular weight is 289 g/mol. The van der Waals surface area contributed by atoms with Crippen LogP contribution in [-0.4, -0.2) is 11.9 Å². The number of carbonyl (C=O) groups is 1. The number of nitrogens with zero attached hydrogens (tertiary/aromatic N) is 1. The van der Waals surface area contributed by atoms with Crippen LogP contribution in [0.2, 0.25) is 0 Å². The van der Waals surface area contributed by atoms with Gasteiger partial charge in [-0.05, 0) is 30.2 Å². The quantitative estimate of drug-likeness (QED) is 0.633. The Balaban J connectivity index is 1.88. The molecule has 0 unspecified atom stereocenters. The van der Waals surface area contributed by atoms with Crippen LogP contribution < -0.4 is 0 Å². The minimum atomic E-state index is -0.408. The molecule has 0 N–H and O–H groups in total. The molecule has 0 fully saturated rings. The predicted octanol–water partition coefficient (Wildman–Crippen LogP) is 3.98. The Morgan fingerprint density at radius 3 is 2.32 bits per heavy atom. The largest absolute Gasteiger partial charge is 0.402 e. The standard InChI is InChI=1S/C19H15NO2/c1-14(12-13-15-8-4-2-5-9-15)17-19(21)22-18(20-17)16-10-6-3-7-11-16/h2-13H,1H3/b13-12+,17-14-. The number of allylic oxidation sites excluding steroid dienone is 2. The van der Waals surface area contributed by atoms with Gasteiger partial charge in [0.1, 0.15) is 0 Å². The first-order chi connectivity index (χ1) is 10.7. The normalized spacial score (nSPS) is 16.6. The van der Waals surface area contributed by atoms with Gasteiger partial charge < -0.3 is 4.74 Å². The molecule has 0 aliphatic carbocycles. The third-order valence-corrected chi connectivity index (χ3v) is 3.32. The summed E-state index contributed by atoms with van der Waals surface area (Å²) in [5.74, 6) is -0.0536. The van der Waals surface area contributed by atoms with Crippen molar-refractivity contribution in [3.8, 4) is 0 Å². The fraction of sp³-hybridized carbons (Fsp3) is 0.0526. The maximum atomic E-state index is 12.0. The molecule has 0 saturated carbocycles. The Hall–Kier alpha value is -2.94. The number of esters is 1. The number of benzene rings is 2. The van der Waals surface area contributed by atoms with E-state index in [9.17, 15) is 4.79 Å². The van der Waals surface area contributed by atoms with Crippen molar-refractivity contribution in [3.05, 3.63) is 89.1 Å². The molecular formula is C19H15NO2. The highest BCUT2D eigenvalue weighted by atomic mass is 16.6. The minimum Gasteiger partial charge on any atom is -0.402 e. The Morgan fingerprint density at radius 1 is 1.00 bits per heavy atom. The molecular weight excluding hydrogens is 274 g/mol. The van der Waals surface area contributed by atoms with Crippen molar-refractivity contribution < 1.29 is 9.53 Å². The number of cyclic esters (lactones) is 1. The second-order valence-corrected chi connectivity index (χ2v) is 4.95. The van der Waals surface area contributed by atoms with Gasteiger partial charge in [-0.2, -0.15) is 0 Å². The van der Waals surface area contributed by atoms with Gasteiger partial charge in [0, 0.05) is 5.56 Å². The van der Waals surface area contributed by atoms with E-state index in [1.807, 2.05) is 79.7 Å². The maximum Gasteiger partial charge on any atom is 0.364 e. The number of carbonyl (C=O) groups excluding carboxylic acids is 1. The van der Waals surface area contributed by atoms with Gasteiger partial charge in [-0.15, -0.1) is 0 Å². The van der Waals surface area contributed by atoms with E-state index in [2.05, 4.69) is 4.99 Å². The molecule has 0 atom stereocenters. The molecule has 0 spiro atoms. The van der Waals surface area contributed by atoms with Crippen LogP contribution in [0, 0.1) is 0 Å². The SMILES string of the molecule is CC(/C=C/c1ccccc1)=C1/N=C(c2ccccc2)OC1=O. The molecule has 0 amide bonds. The molecule has 2 aromatic carbocycles. The fourth-order valence-electron chi connectivity index (χ4n) is 2.12. The van der Waals surface area contributed by atoms with E-state index < -0.39 is 5.97 Å². The number of ether oxygens (including phenoxy) is 1. The Labute approximate surface area is 129 Å². The summed E-state index contributed by atoms with van der Waals surface area (Å²) in [4.78, 5) is 16.3. The third-order valence-electron chi connectivity index (χ3n) is 3.32. The van der Waals surface area contributed by atoms with Gasteiger partial charge >= 0.3 is 5.97 Å². The van der Waals surface area contributed by atoms with Crippen LogP contribution in [0.25, 0.3) is 6.08 Å². The van der Waals surface area contributed by atoms with Gasteiger partial charge in [-0.25, -0.2) is 9.79 Å². The van der Waals surface area contributed by atoms with Crippen LogP contribution in [0.5, 0.6) is 0 Å². The Bertz CT molecular complexity index is 772. The Kier molecular flexibility index (Phi) is 3.97. The lowest BCUT2D eigenvalue weighted by Gasteiger charge is -1.97. The van der Waals surface area contributed by atoms with Gasteiger partial charge in [-0.1, -0.05) is 60.7 Å². The average Bonchev–Trinajstić information content (AvgIpc) is 2.96. The summed E-state index contributed by atoms with van der Waals surface area (Å²) in [6.45, 7) is 1.85. The lowest BCUT2D eigenvalue weighted by atomic mass is 10.1. The second kappa shape index (κ2) is 6.22. The first-order valence-electron chi connectivity index (χ1n) is 7.04. The van der Waals surface area contributed by atoms with Crippen molar-refractivity contribution in [1.82, 2.24) is 0 Å². The van der Waals surface area contributed by atoms with Crippen LogP contribution in [0.3, 0.4) is 0 Å². The zero-order valence-corrected chi connectivity index (χ0v) is 12.2. The summed E-state index contributed by atoms with van der Waals surface area (Å²) in [6.07, 6.45) is 3.83. The van der Waals surface area contributed by atoms with E-state index >= 15 is 0 Å². The van der Waals surface area contributed by atoms with E-state index in [0.29, 0.717) is 11.6 Å². The monoisotopic (exact) mass is 289 g/mol. The van der Waals surface area contributed by atoms with Crippen LogP contribution in [-0.2, 0) is 9.53 Å². The van der Waals surface area contributed by atoms with Gasteiger partial charge in [0.05, 0.1) is 0 Å². The number of rotatable bonds is 3. The molecule has 1 heterocycles. The van der Waals surface area contributed by atoms with Gasteiger partial charge in [0.2, 0.25) is 5.90 Å². The second-order valence-electron chi connectivity index (χ2n) is 4.95. The predicted molar refractivity (Wildman–Crippen MR) is 87.2 cm³/mol. The van der Waals surface area contributed by atoms with E-state index in [4.69, 9.17) is 4.74 Å². The highest BCUT2D eigenvalue weighted by Gasteiger charge is 2.25. The van der Waals surface area contributed by atoms with Gasteiger partial charge in [-0.3, -0.25) is 0 Å². The summed E-state index contributed by atoms with van der Waals surface area (Å²) in [5, 5.41) is 0. The third kappa shape index (κ3) is 3.04. The van der Waals surface area contributed by atoms with Crippen molar-refractivity contribution in [2.24, 2.45) is 4.99 Å². The summed E-state index contributed by atoms with van der Waals surface area (Å²) in [6, 6.07) is 19.3. The number of aliphatic imine (C=N–C) groups is 1. The summed E-state index contributed by atoms with van der Waals surface area (Å²) < 4.78 is 5.25. The molecule has 3 rings (SSSR count). The Morgan fingerprint density at radius 2 is 1.64 bits per heavy atom. The summed E-state index contributed by atoms with van der Waals surface area (Å²) in [7, 11) is 0. The first-order valence-corrected chi connectivity index (χ1v) is 7.04. The molecule has 108 valence electrons. The van der Waals surface area contributed by atoms with Crippen molar-refractivity contribution in [1.29, 1.82) is 0 Å². The van der Waals surface area contributed by atoms with E-state index in [1.165, 1.54) is 0 Å². The van der Waals surface area contributed by atoms with Crippen molar-refractivity contribution in [2.75, 3.05) is 0 Å². The molecule has 22 heavy (non-hydrogen) atoms. The molecule has 0 radical (unpaired) electrons. The van der Waals surface area contributed by atoms with Crippen LogP contribution in [0.4, 0.5) is 0 Å². The lowest BCUT2D eigenvalue weighted by molar-refractivity contribution is -0.130. The summed E-state index contributed by atoms with van der Waals surface area (Å²) in [5.41, 5.74) is 3.00. The van der Waals surface area contributed by atoms with E-state index in [0.717, 1.165) is 16.7 Å². The van der Waals surface area contributed by atoms with Crippen molar-refractivity contribution in [2.45, 2.75) is 6.92 Å². The topological polar surface area (TPSA) is 38.7 Å². The molecule has 1 aliphatic rings.